The summed E-state index contributed by atoms with van der Waals surface area (Å²) < 4.78 is 4.91. The molecule has 1 aliphatic heterocycles. The summed E-state index contributed by atoms with van der Waals surface area (Å²) in [5.74, 6) is -0.718. The Kier molecular flexibility index (Phi) is 5.91. The van der Waals surface area contributed by atoms with Crippen molar-refractivity contribution in [1.29, 1.82) is 0 Å². The first-order valence-corrected chi connectivity index (χ1v) is 9.00. The molecule has 2 aromatic carbocycles. The quantitative estimate of drug-likeness (QED) is 0.445. The van der Waals surface area contributed by atoms with E-state index in [1.54, 1.807) is 0 Å². The summed E-state index contributed by atoms with van der Waals surface area (Å²) in [5.41, 5.74) is 2.27. The van der Waals surface area contributed by atoms with Crippen LogP contribution < -0.4 is 10.2 Å². The Hall–Kier alpha value is -2.97. The molecule has 0 bridgehead atoms. The summed E-state index contributed by atoms with van der Waals surface area (Å²) in [6.45, 7) is 0.540. The van der Waals surface area contributed by atoms with Crippen molar-refractivity contribution in [2.24, 2.45) is 0 Å². The van der Waals surface area contributed by atoms with Crippen molar-refractivity contribution in [3.63, 3.8) is 0 Å². The smallest absolute Gasteiger partial charge is 0.365 e. The third kappa shape index (κ3) is 4.29. The Bertz CT molecular complexity index is 934. The number of esters is 1. The monoisotopic (exact) mass is 404 g/mol. The van der Waals surface area contributed by atoms with Crippen LogP contribution in [0.5, 0.6) is 0 Å². The van der Waals surface area contributed by atoms with Gasteiger partial charge in [-0.1, -0.05) is 35.9 Å². The van der Waals surface area contributed by atoms with Crippen molar-refractivity contribution in [3.8, 4) is 0 Å². The molecule has 1 unspecified atom stereocenters. The van der Waals surface area contributed by atoms with Gasteiger partial charge in [0.1, 0.15) is 6.54 Å². The summed E-state index contributed by atoms with van der Waals surface area (Å²) in [4.78, 5) is 35.8. The second-order valence-electron chi connectivity index (χ2n) is 6.53. The molecule has 2 atom stereocenters. The molecule has 0 saturated heterocycles. The fraction of sp³-hybridized carbons (Fsp3) is 0.263. The van der Waals surface area contributed by atoms with E-state index < -0.39 is 11.0 Å². The van der Waals surface area contributed by atoms with Gasteiger partial charge in [0.05, 0.1) is 22.7 Å². The van der Waals surface area contributed by atoms with Crippen molar-refractivity contribution < 1.29 is 24.1 Å². The average Bonchev–Trinajstić information content (AvgIpc) is 2.68. The molecule has 0 spiro atoms. The molecule has 2 aromatic rings. The van der Waals surface area contributed by atoms with Gasteiger partial charge in [-0.05, 0) is 11.6 Å². The van der Waals surface area contributed by atoms with Gasteiger partial charge < -0.3 is 15.0 Å². The number of halogens is 1. The Morgan fingerprint density at radius 1 is 1.29 bits per heavy atom. The molecule has 0 aromatic heterocycles. The number of methoxy groups -OCH3 is 1. The SMILES string of the molecule is COC(=O)[C@H]1Cc2ccccc2C[NH+]1CC(=O)Nc1ccc([N+](=O)[O-])cc1Cl. The van der Waals surface area contributed by atoms with Crippen LogP contribution >= 0.6 is 11.6 Å². The zero-order valence-corrected chi connectivity index (χ0v) is 15.9. The van der Waals surface area contributed by atoms with E-state index in [1.165, 1.54) is 25.3 Å². The first-order chi connectivity index (χ1) is 13.4. The predicted octanol–water partition coefficient (Wildman–Crippen LogP) is 1.37. The summed E-state index contributed by atoms with van der Waals surface area (Å²) in [5, 5.41) is 13.5. The number of anilines is 1. The number of nitrogens with one attached hydrogen (secondary N) is 2. The number of benzene rings is 2. The third-order valence-corrected chi connectivity index (χ3v) is 5.08. The zero-order chi connectivity index (χ0) is 20.3. The van der Waals surface area contributed by atoms with E-state index in [0.717, 1.165) is 16.0 Å². The number of quaternary nitrogens is 1. The largest absolute Gasteiger partial charge is 0.465 e. The number of nitro groups is 1. The van der Waals surface area contributed by atoms with Crippen molar-refractivity contribution in [2.75, 3.05) is 19.0 Å². The number of amides is 1. The van der Waals surface area contributed by atoms with E-state index in [1.807, 2.05) is 24.3 Å². The lowest BCUT2D eigenvalue weighted by Gasteiger charge is -2.31. The normalized spacial score (nSPS) is 18.1. The van der Waals surface area contributed by atoms with Gasteiger partial charge in [0.2, 0.25) is 0 Å². The van der Waals surface area contributed by atoms with Crippen LogP contribution in [0.4, 0.5) is 11.4 Å². The molecular formula is C19H19ClN3O5+. The van der Waals surface area contributed by atoms with Crippen molar-refractivity contribution in [2.45, 2.75) is 19.0 Å². The second kappa shape index (κ2) is 8.37. The highest BCUT2D eigenvalue weighted by atomic mass is 35.5. The number of non-ortho nitro benzene ring substituents is 1. The topological polar surface area (TPSA) is 103 Å². The Morgan fingerprint density at radius 2 is 2.00 bits per heavy atom. The lowest BCUT2D eigenvalue weighted by atomic mass is 9.94. The molecule has 1 amide bonds. The van der Waals surface area contributed by atoms with Crippen LogP contribution in [0.3, 0.4) is 0 Å². The first-order valence-electron chi connectivity index (χ1n) is 8.62. The van der Waals surface area contributed by atoms with Gasteiger partial charge in [0, 0.05) is 24.1 Å². The van der Waals surface area contributed by atoms with Gasteiger partial charge in [-0.25, -0.2) is 4.79 Å². The maximum absolute atomic E-state index is 12.5. The van der Waals surface area contributed by atoms with Gasteiger partial charge in [-0.2, -0.15) is 0 Å². The van der Waals surface area contributed by atoms with Crippen LogP contribution in [0.15, 0.2) is 42.5 Å². The minimum atomic E-state index is -0.562. The van der Waals surface area contributed by atoms with Crippen LogP contribution in [-0.4, -0.2) is 36.5 Å². The maximum atomic E-state index is 12.5. The van der Waals surface area contributed by atoms with Crippen LogP contribution in [0.25, 0.3) is 0 Å². The van der Waals surface area contributed by atoms with E-state index in [9.17, 15) is 19.7 Å². The molecule has 0 saturated carbocycles. The minimum absolute atomic E-state index is 0.0292. The number of rotatable bonds is 5. The van der Waals surface area contributed by atoms with Crippen LogP contribution in [0.2, 0.25) is 5.02 Å². The number of carbonyl (C=O) groups excluding carboxylic acids is 2. The van der Waals surface area contributed by atoms with Gasteiger partial charge in [-0.15, -0.1) is 0 Å². The van der Waals surface area contributed by atoms with E-state index in [4.69, 9.17) is 16.3 Å². The molecule has 0 fully saturated rings. The number of carbonyl (C=O) groups is 2. The Morgan fingerprint density at radius 3 is 2.64 bits per heavy atom. The molecule has 0 aliphatic carbocycles. The van der Waals surface area contributed by atoms with E-state index >= 15 is 0 Å². The van der Waals surface area contributed by atoms with Crippen LogP contribution in [0, 0.1) is 10.1 Å². The van der Waals surface area contributed by atoms with E-state index in [-0.39, 0.29) is 34.8 Å². The van der Waals surface area contributed by atoms with Gasteiger partial charge in [-0.3, -0.25) is 14.9 Å². The van der Waals surface area contributed by atoms with Gasteiger partial charge >= 0.3 is 5.97 Å². The number of hydrogen-bond acceptors (Lipinski definition) is 5. The average molecular weight is 405 g/mol. The first kappa shape index (κ1) is 19.8. The van der Waals surface area contributed by atoms with Crippen LogP contribution in [-0.2, 0) is 27.3 Å². The summed E-state index contributed by atoms with van der Waals surface area (Å²) in [6, 6.07) is 11.1. The molecule has 146 valence electrons. The fourth-order valence-corrected chi connectivity index (χ4v) is 3.58. The molecule has 8 nitrogen and oxygen atoms in total. The summed E-state index contributed by atoms with van der Waals surface area (Å²) >= 11 is 6.03. The van der Waals surface area contributed by atoms with Crippen LogP contribution in [0.1, 0.15) is 11.1 Å². The standard InChI is InChI=1S/C19H18ClN3O5/c1-28-19(25)17-8-12-4-2-3-5-13(12)10-22(17)11-18(24)21-16-7-6-14(23(26)27)9-15(16)20/h2-7,9,17H,8,10-11H2,1H3,(H,21,24)/p+1/t17-/m1/s1. The Balaban J connectivity index is 1.74. The molecule has 1 heterocycles. The van der Waals surface area contributed by atoms with Crippen molar-refractivity contribution in [3.05, 3.63) is 68.7 Å². The van der Waals surface area contributed by atoms with Gasteiger partial charge in [0.15, 0.2) is 12.6 Å². The zero-order valence-electron chi connectivity index (χ0n) is 15.1. The molecule has 1 aliphatic rings. The molecule has 3 rings (SSSR count). The van der Waals surface area contributed by atoms with Crippen molar-refractivity contribution in [1.82, 2.24) is 0 Å². The lowest BCUT2D eigenvalue weighted by molar-refractivity contribution is -0.924. The van der Waals surface area contributed by atoms with Crippen molar-refractivity contribution >= 4 is 34.9 Å². The molecule has 28 heavy (non-hydrogen) atoms. The highest BCUT2D eigenvalue weighted by Crippen LogP contribution is 2.26. The third-order valence-electron chi connectivity index (χ3n) is 4.76. The lowest BCUT2D eigenvalue weighted by Crippen LogP contribution is -3.17. The fourth-order valence-electron chi connectivity index (χ4n) is 3.36. The minimum Gasteiger partial charge on any atom is -0.465 e. The maximum Gasteiger partial charge on any atom is 0.365 e. The number of hydrogen-bond donors (Lipinski definition) is 2. The number of nitrogens with zero attached hydrogens (tertiary/aromatic N) is 1. The number of fused-ring (bicyclic) bond motifs is 1. The molecule has 0 radical (unpaired) electrons. The second-order valence-corrected chi connectivity index (χ2v) is 6.94. The number of nitro benzene ring substituents is 1. The molecule has 9 heteroatoms. The summed E-state index contributed by atoms with van der Waals surface area (Å²) in [7, 11) is 1.33. The van der Waals surface area contributed by atoms with E-state index in [0.29, 0.717) is 13.0 Å². The highest BCUT2D eigenvalue weighted by molar-refractivity contribution is 6.34. The van der Waals surface area contributed by atoms with Gasteiger partial charge in [0.25, 0.3) is 11.6 Å². The predicted molar refractivity (Wildman–Crippen MR) is 102 cm³/mol. The van der Waals surface area contributed by atoms with E-state index in [2.05, 4.69) is 5.32 Å². The molecular weight excluding hydrogens is 386 g/mol. The molecule has 2 N–H and O–H groups in total. The number of ether oxygens (including phenoxy) is 1. The highest BCUT2D eigenvalue weighted by Gasteiger charge is 2.37. The summed E-state index contributed by atoms with van der Waals surface area (Å²) in [6.07, 6.45) is 0.490. The Labute approximate surface area is 166 Å².